The highest BCUT2D eigenvalue weighted by atomic mass is 32.2. The molecule has 0 saturated carbocycles. The van der Waals surface area contributed by atoms with E-state index in [1.165, 1.54) is 16.4 Å². The zero-order valence-electron chi connectivity index (χ0n) is 18.6. The number of sulfonamides is 1. The van der Waals surface area contributed by atoms with Crippen LogP contribution in [0.25, 0.3) is 20.8 Å². The highest BCUT2D eigenvalue weighted by molar-refractivity contribution is 7.89. The number of fused-ring (bicyclic) bond motifs is 1. The summed E-state index contributed by atoms with van der Waals surface area (Å²) in [5.74, 6) is -0.358. The van der Waals surface area contributed by atoms with Crippen LogP contribution in [-0.2, 0) is 10.0 Å². The maximum Gasteiger partial charge on any atom is 0.255 e. The first-order valence-electron chi connectivity index (χ1n) is 11.0. The normalized spacial score (nSPS) is 15.4. The molecule has 0 aliphatic carbocycles. The van der Waals surface area contributed by atoms with Gasteiger partial charge in [0.1, 0.15) is 5.01 Å². The van der Waals surface area contributed by atoms with Crippen molar-refractivity contribution >= 4 is 43.2 Å². The average Bonchev–Trinajstić information content (AvgIpc) is 3.29. The van der Waals surface area contributed by atoms with Crippen molar-refractivity contribution in [3.63, 3.8) is 0 Å². The third-order valence-corrected chi connectivity index (χ3v) is 8.86. The second-order valence-corrected chi connectivity index (χ2v) is 11.2. The minimum Gasteiger partial charge on any atom is -0.322 e. The smallest absolute Gasteiger partial charge is 0.255 e. The molecule has 9 heteroatoms. The van der Waals surface area contributed by atoms with Crippen LogP contribution in [0.5, 0.6) is 0 Å². The summed E-state index contributed by atoms with van der Waals surface area (Å²) >= 11 is 1.62. The van der Waals surface area contributed by atoms with E-state index in [1.54, 1.807) is 23.5 Å². The maximum absolute atomic E-state index is 13.0. The van der Waals surface area contributed by atoms with Crippen LogP contribution in [0.4, 0.5) is 5.69 Å². The first-order chi connectivity index (χ1) is 16.4. The van der Waals surface area contributed by atoms with Gasteiger partial charge in [-0.3, -0.25) is 4.79 Å². The van der Waals surface area contributed by atoms with E-state index in [2.05, 4.69) is 15.2 Å². The summed E-state index contributed by atoms with van der Waals surface area (Å²) in [5.41, 5.74) is 2.86. The van der Waals surface area contributed by atoms with Gasteiger partial charge in [0.05, 0.1) is 15.1 Å². The lowest BCUT2D eigenvalue weighted by atomic mass is 10.2. The van der Waals surface area contributed by atoms with Crippen molar-refractivity contribution in [1.82, 2.24) is 14.2 Å². The van der Waals surface area contributed by atoms with Crippen LogP contribution in [-0.4, -0.2) is 61.7 Å². The quantitative estimate of drug-likeness (QED) is 0.453. The third-order valence-electron chi connectivity index (χ3n) is 5.88. The van der Waals surface area contributed by atoms with Crippen LogP contribution in [0.15, 0.2) is 77.7 Å². The number of carbonyl (C=O) groups excluding carboxylic acids is 1. The maximum atomic E-state index is 13.0. The van der Waals surface area contributed by atoms with Gasteiger partial charge in [-0.05, 0) is 61.6 Å². The minimum atomic E-state index is -3.64. The number of para-hydroxylation sites is 1. The van der Waals surface area contributed by atoms with Gasteiger partial charge >= 0.3 is 0 Å². The molecule has 4 aromatic rings. The molecule has 0 spiro atoms. The molecule has 1 fully saturated rings. The molecular weight excluding hydrogens is 468 g/mol. The Morgan fingerprint density at radius 1 is 0.941 bits per heavy atom. The highest BCUT2D eigenvalue weighted by Gasteiger charge is 2.28. The van der Waals surface area contributed by atoms with Crippen LogP contribution in [0.2, 0.25) is 0 Å². The van der Waals surface area contributed by atoms with Crippen molar-refractivity contribution in [1.29, 1.82) is 0 Å². The summed E-state index contributed by atoms with van der Waals surface area (Å²) in [6, 6.07) is 21.7. The van der Waals surface area contributed by atoms with Crippen molar-refractivity contribution < 1.29 is 13.2 Å². The number of hydrogen-bond acceptors (Lipinski definition) is 6. The second-order valence-electron chi connectivity index (χ2n) is 8.25. The van der Waals surface area contributed by atoms with Gasteiger partial charge in [0.25, 0.3) is 5.91 Å². The first kappa shape index (κ1) is 22.7. The van der Waals surface area contributed by atoms with Crippen LogP contribution in [0.1, 0.15) is 10.4 Å². The molecule has 1 saturated heterocycles. The van der Waals surface area contributed by atoms with Crippen LogP contribution in [0, 0.1) is 0 Å². The fraction of sp³-hybridized carbons (Fsp3) is 0.200. The molecule has 0 unspecified atom stereocenters. The van der Waals surface area contributed by atoms with E-state index in [4.69, 9.17) is 0 Å². The molecule has 1 aromatic heterocycles. The van der Waals surface area contributed by atoms with Crippen molar-refractivity contribution in [3.05, 3.63) is 78.4 Å². The zero-order valence-corrected chi connectivity index (χ0v) is 20.3. The van der Waals surface area contributed by atoms with E-state index in [9.17, 15) is 13.2 Å². The van der Waals surface area contributed by atoms with Gasteiger partial charge in [-0.1, -0.05) is 18.2 Å². The van der Waals surface area contributed by atoms with Gasteiger partial charge in [-0.15, -0.1) is 11.3 Å². The van der Waals surface area contributed by atoms with Crippen molar-refractivity contribution in [2.24, 2.45) is 0 Å². The van der Waals surface area contributed by atoms with Gasteiger partial charge in [-0.2, -0.15) is 4.31 Å². The summed E-state index contributed by atoms with van der Waals surface area (Å²) in [6.07, 6.45) is 0. The first-order valence-corrected chi connectivity index (χ1v) is 13.2. The molecule has 34 heavy (non-hydrogen) atoms. The van der Waals surface area contributed by atoms with Gasteiger partial charge in [0, 0.05) is 43.0 Å². The lowest BCUT2D eigenvalue weighted by Crippen LogP contribution is -2.47. The van der Waals surface area contributed by atoms with Gasteiger partial charge in [0.2, 0.25) is 10.0 Å². The molecule has 1 aliphatic rings. The number of aromatic nitrogens is 1. The van der Waals surface area contributed by atoms with Gasteiger partial charge in [0.15, 0.2) is 0 Å². The second kappa shape index (κ2) is 9.27. The van der Waals surface area contributed by atoms with E-state index in [-0.39, 0.29) is 10.8 Å². The number of anilines is 1. The molecule has 1 aliphatic heterocycles. The van der Waals surface area contributed by atoms with Crippen molar-refractivity contribution in [2.45, 2.75) is 4.90 Å². The molecule has 7 nitrogen and oxygen atoms in total. The highest BCUT2D eigenvalue weighted by Crippen LogP contribution is 2.30. The lowest BCUT2D eigenvalue weighted by Gasteiger charge is -2.31. The number of nitrogens with one attached hydrogen (secondary N) is 1. The Bertz CT molecular complexity index is 1410. The number of likely N-dealkylation sites (N-methyl/N-ethyl adjacent to an activating group) is 1. The van der Waals surface area contributed by atoms with Crippen molar-refractivity contribution in [2.75, 3.05) is 38.5 Å². The standard InChI is InChI=1S/C25H24N4O3S2/c1-28-13-15-29(16-14-28)34(31,32)21-6-4-5-19(17-21)24(30)26-20-11-9-18(10-12-20)25-27-22-7-2-3-8-23(22)33-25/h2-12,17H,13-16H2,1H3,(H,26,30). The number of benzene rings is 3. The Kier molecular flexibility index (Phi) is 6.18. The fourth-order valence-electron chi connectivity index (χ4n) is 3.87. The SMILES string of the molecule is CN1CCN(S(=O)(=O)c2cccc(C(=O)Nc3ccc(-c4nc5ccccc5s4)cc3)c2)CC1. The number of hydrogen-bond donors (Lipinski definition) is 1. The number of piperazine rings is 1. The zero-order chi connectivity index (χ0) is 23.7. The predicted molar refractivity (Wildman–Crippen MR) is 136 cm³/mol. The predicted octanol–water partition coefficient (Wildman–Crippen LogP) is 4.15. The summed E-state index contributed by atoms with van der Waals surface area (Å²) in [7, 11) is -1.67. The molecule has 1 N–H and O–H groups in total. The van der Waals surface area contributed by atoms with Gasteiger partial charge < -0.3 is 10.2 Å². The molecule has 0 atom stereocenters. The van der Waals surface area contributed by atoms with E-state index >= 15 is 0 Å². The topological polar surface area (TPSA) is 82.6 Å². The molecule has 0 bridgehead atoms. The Morgan fingerprint density at radius 2 is 1.68 bits per heavy atom. The van der Waals surface area contributed by atoms with Crippen LogP contribution >= 0.6 is 11.3 Å². The lowest BCUT2D eigenvalue weighted by molar-refractivity contribution is 0.102. The van der Waals surface area contributed by atoms with E-state index in [0.717, 1.165) is 20.8 Å². The Morgan fingerprint density at radius 3 is 2.41 bits per heavy atom. The third kappa shape index (κ3) is 4.60. The molecule has 1 amide bonds. The van der Waals surface area contributed by atoms with Gasteiger partial charge in [-0.25, -0.2) is 13.4 Å². The van der Waals surface area contributed by atoms with Crippen LogP contribution in [0.3, 0.4) is 0 Å². The molecule has 174 valence electrons. The largest absolute Gasteiger partial charge is 0.322 e. The van der Waals surface area contributed by atoms with E-state index in [1.807, 2.05) is 55.6 Å². The summed E-state index contributed by atoms with van der Waals surface area (Å²) in [6.45, 7) is 2.26. The van der Waals surface area contributed by atoms with E-state index in [0.29, 0.717) is 37.4 Å². The van der Waals surface area contributed by atoms with Crippen LogP contribution < -0.4 is 5.32 Å². The number of rotatable bonds is 5. The number of amides is 1. The number of nitrogens with zero attached hydrogens (tertiary/aromatic N) is 3. The monoisotopic (exact) mass is 492 g/mol. The minimum absolute atomic E-state index is 0.135. The average molecular weight is 493 g/mol. The summed E-state index contributed by atoms with van der Waals surface area (Å²) in [4.78, 5) is 19.7. The molecule has 3 aromatic carbocycles. The molecular formula is C25H24N4O3S2. The summed E-state index contributed by atoms with van der Waals surface area (Å²) < 4.78 is 28.7. The Labute approximate surface area is 202 Å². The molecule has 5 rings (SSSR count). The van der Waals surface area contributed by atoms with E-state index < -0.39 is 10.0 Å². The Balaban J connectivity index is 1.30. The molecule has 0 radical (unpaired) electrons. The molecule has 2 heterocycles. The summed E-state index contributed by atoms with van der Waals surface area (Å²) in [5, 5.41) is 3.77. The van der Waals surface area contributed by atoms with Crippen molar-refractivity contribution in [3.8, 4) is 10.6 Å². The number of thiazole rings is 1. The Hall–Kier alpha value is -3.11. The number of carbonyl (C=O) groups is 1. The fourth-order valence-corrected chi connectivity index (χ4v) is 6.31.